The molecule has 0 aromatic rings. The van der Waals surface area contributed by atoms with E-state index in [0.29, 0.717) is 18.4 Å². The van der Waals surface area contributed by atoms with E-state index >= 15 is 0 Å². The Morgan fingerprint density at radius 3 is 3.06 bits per heavy atom. The molecule has 0 N–H and O–H groups in total. The molecule has 96 valence electrons. The van der Waals surface area contributed by atoms with Gasteiger partial charge in [-0.3, -0.25) is 4.79 Å². The molecule has 3 fully saturated rings. The molecule has 0 radical (unpaired) electrons. The van der Waals surface area contributed by atoms with Crippen LogP contribution in [-0.2, 0) is 9.53 Å². The van der Waals surface area contributed by atoms with Crippen LogP contribution in [0.4, 0.5) is 0 Å². The lowest BCUT2D eigenvalue weighted by atomic mass is 9.68. The van der Waals surface area contributed by atoms with Gasteiger partial charge >= 0.3 is 5.97 Å². The molecule has 0 amide bonds. The first-order valence-electron chi connectivity index (χ1n) is 7.46. The van der Waals surface area contributed by atoms with Gasteiger partial charge in [0.1, 0.15) is 0 Å². The second-order valence-corrected chi connectivity index (χ2v) is 6.30. The van der Waals surface area contributed by atoms with Gasteiger partial charge in [0, 0.05) is 0 Å². The summed E-state index contributed by atoms with van der Waals surface area (Å²) in [6, 6.07) is 0. The van der Waals surface area contributed by atoms with Crippen LogP contribution < -0.4 is 0 Å². The van der Waals surface area contributed by atoms with Gasteiger partial charge in [-0.05, 0) is 56.3 Å². The fraction of sp³-hybridized carbons (Fsp3) is 0.933. The highest BCUT2D eigenvalue weighted by Gasteiger charge is 2.64. The number of rotatable bonds is 4. The summed E-state index contributed by atoms with van der Waals surface area (Å²) in [5.74, 6) is 2.35. The molecular formula is C15H24O2. The van der Waals surface area contributed by atoms with Gasteiger partial charge in [0.05, 0.1) is 12.0 Å². The maximum absolute atomic E-state index is 12.5. The van der Waals surface area contributed by atoms with Gasteiger partial charge in [0.25, 0.3) is 0 Å². The summed E-state index contributed by atoms with van der Waals surface area (Å²) in [5.41, 5.74) is -0.0311. The van der Waals surface area contributed by atoms with Gasteiger partial charge in [-0.25, -0.2) is 0 Å². The maximum Gasteiger partial charge on any atom is 0.312 e. The predicted molar refractivity (Wildman–Crippen MR) is 66.5 cm³/mol. The van der Waals surface area contributed by atoms with E-state index in [1.165, 1.54) is 32.1 Å². The molecule has 3 aliphatic carbocycles. The third-order valence-corrected chi connectivity index (χ3v) is 5.65. The number of carbonyl (C=O) groups is 1. The Labute approximate surface area is 104 Å². The number of unbranched alkanes of at least 4 members (excludes halogenated alkanes) is 1. The largest absolute Gasteiger partial charge is 0.465 e. The Morgan fingerprint density at radius 2 is 2.24 bits per heavy atom. The number of ether oxygens (including phenoxy) is 1. The summed E-state index contributed by atoms with van der Waals surface area (Å²) in [6.07, 6.45) is 9.74. The monoisotopic (exact) mass is 236 g/mol. The average Bonchev–Trinajstić information content (AvgIpc) is 3.01. The predicted octanol–water partition coefficient (Wildman–Crippen LogP) is 3.55. The molecule has 3 rings (SSSR count). The summed E-state index contributed by atoms with van der Waals surface area (Å²) in [5, 5.41) is 0. The molecule has 17 heavy (non-hydrogen) atoms. The molecule has 0 aromatic carbocycles. The zero-order valence-corrected chi connectivity index (χ0v) is 10.9. The highest BCUT2D eigenvalue weighted by atomic mass is 16.5. The molecule has 4 unspecified atom stereocenters. The first kappa shape index (κ1) is 11.6. The van der Waals surface area contributed by atoms with E-state index in [-0.39, 0.29) is 11.4 Å². The zero-order chi connectivity index (χ0) is 11.9. The van der Waals surface area contributed by atoms with Crippen LogP contribution in [0.5, 0.6) is 0 Å². The summed E-state index contributed by atoms with van der Waals surface area (Å²) in [7, 11) is 0. The third-order valence-electron chi connectivity index (χ3n) is 5.65. The highest BCUT2D eigenvalue weighted by molar-refractivity contribution is 5.79. The molecule has 2 bridgehead atoms. The van der Waals surface area contributed by atoms with Crippen molar-refractivity contribution < 1.29 is 9.53 Å². The topological polar surface area (TPSA) is 26.3 Å². The Hall–Kier alpha value is -0.530. The molecule has 0 aliphatic heterocycles. The van der Waals surface area contributed by atoms with E-state index in [9.17, 15) is 4.79 Å². The van der Waals surface area contributed by atoms with Crippen molar-refractivity contribution in [2.75, 3.05) is 6.61 Å². The van der Waals surface area contributed by atoms with Crippen molar-refractivity contribution in [2.24, 2.45) is 23.2 Å². The normalized spacial score (nSPS) is 42.8. The van der Waals surface area contributed by atoms with Crippen LogP contribution in [0.1, 0.15) is 58.3 Å². The highest BCUT2D eigenvalue weighted by Crippen LogP contribution is 2.66. The van der Waals surface area contributed by atoms with Crippen LogP contribution >= 0.6 is 0 Å². The van der Waals surface area contributed by atoms with Gasteiger partial charge in [0.15, 0.2) is 0 Å². The van der Waals surface area contributed by atoms with Crippen LogP contribution in [0, 0.1) is 23.2 Å². The Kier molecular flexibility index (Phi) is 2.92. The third kappa shape index (κ3) is 1.56. The minimum Gasteiger partial charge on any atom is -0.465 e. The summed E-state index contributed by atoms with van der Waals surface area (Å²) < 4.78 is 5.58. The lowest BCUT2D eigenvalue weighted by molar-refractivity contribution is -0.162. The minimum absolute atomic E-state index is 0.0311. The van der Waals surface area contributed by atoms with E-state index in [1.807, 2.05) is 0 Å². The Balaban J connectivity index is 1.73. The van der Waals surface area contributed by atoms with Gasteiger partial charge in [0.2, 0.25) is 0 Å². The number of fused-ring (bicyclic) bond motifs is 5. The second-order valence-electron chi connectivity index (χ2n) is 6.30. The van der Waals surface area contributed by atoms with Crippen LogP contribution in [0.3, 0.4) is 0 Å². The van der Waals surface area contributed by atoms with Gasteiger partial charge in [-0.15, -0.1) is 0 Å². The van der Waals surface area contributed by atoms with Crippen molar-refractivity contribution in [3.05, 3.63) is 0 Å². The lowest BCUT2D eigenvalue weighted by Gasteiger charge is -2.37. The summed E-state index contributed by atoms with van der Waals surface area (Å²) in [6.45, 7) is 2.78. The fourth-order valence-electron chi connectivity index (χ4n) is 4.93. The van der Waals surface area contributed by atoms with Crippen LogP contribution in [-0.4, -0.2) is 12.6 Å². The van der Waals surface area contributed by atoms with Crippen molar-refractivity contribution in [1.82, 2.24) is 0 Å². The fourth-order valence-corrected chi connectivity index (χ4v) is 4.93. The first-order chi connectivity index (χ1) is 8.29. The average molecular weight is 236 g/mol. The molecule has 2 nitrogen and oxygen atoms in total. The van der Waals surface area contributed by atoms with E-state index in [1.54, 1.807) is 0 Å². The molecule has 3 aliphatic rings. The zero-order valence-electron chi connectivity index (χ0n) is 10.9. The van der Waals surface area contributed by atoms with Gasteiger partial charge in [-0.1, -0.05) is 19.8 Å². The molecular weight excluding hydrogens is 212 g/mol. The van der Waals surface area contributed by atoms with Crippen molar-refractivity contribution in [1.29, 1.82) is 0 Å². The van der Waals surface area contributed by atoms with E-state index in [2.05, 4.69) is 6.92 Å². The molecule has 0 spiro atoms. The van der Waals surface area contributed by atoms with Crippen molar-refractivity contribution in [3.8, 4) is 0 Å². The number of hydrogen-bond acceptors (Lipinski definition) is 2. The minimum atomic E-state index is -0.0311. The van der Waals surface area contributed by atoms with Gasteiger partial charge in [-0.2, -0.15) is 0 Å². The molecule has 0 saturated heterocycles. The SMILES string of the molecule is CCCCOC(=O)C12CCCC1C1CCC2C1. The summed E-state index contributed by atoms with van der Waals surface area (Å²) >= 11 is 0. The van der Waals surface area contributed by atoms with Crippen LogP contribution in [0.2, 0.25) is 0 Å². The van der Waals surface area contributed by atoms with Crippen molar-refractivity contribution >= 4 is 5.97 Å². The smallest absolute Gasteiger partial charge is 0.312 e. The standard InChI is InChI=1S/C15H24O2/c1-2-3-9-17-14(16)15-8-4-5-13(15)11-6-7-12(15)10-11/h11-13H,2-10H2,1H3. The Morgan fingerprint density at radius 1 is 1.35 bits per heavy atom. The first-order valence-corrected chi connectivity index (χ1v) is 7.46. The molecule has 2 heteroatoms. The van der Waals surface area contributed by atoms with Crippen LogP contribution in [0.15, 0.2) is 0 Å². The molecule has 4 atom stereocenters. The summed E-state index contributed by atoms with van der Waals surface area (Å²) in [4.78, 5) is 12.5. The van der Waals surface area contributed by atoms with E-state index in [4.69, 9.17) is 4.74 Å². The van der Waals surface area contributed by atoms with Crippen LogP contribution in [0.25, 0.3) is 0 Å². The lowest BCUT2D eigenvalue weighted by Crippen LogP contribution is -2.41. The molecule has 3 saturated carbocycles. The van der Waals surface area contributed by atoms with E-state index in [0.717, 1.165) is 25.2 Å². The van der Waals surface area contributed by atoms with Crippen molar-refractivity contribution in [2.45, 2.75) is 58.3 Å². The van der Waals surface area contributed by atoms with Gasteiger partial charge < -0.3 is 4.74 Å². The number of carbonyl (C=O) groups excluding carboxylic acids is 1. The molecule has 0 heterocycles. The number of hydrogen-bond donors (Lipinski definition) is 0. The quantitative estimate of drug-likeness (QED) is 0.551. The maximum atomic E-state index is 12.5. The Bertz CT molecular complexity index is 312. The second kappa shape index (κ2) is 4.29. The molecule has 0 aromatic heterocycles. The van der Waals surface area contributed by atoms with E-state index < -0.39 is 0 Å². The number of esters is 1. The van der Waals surface area contributed by atoms with Crippen molar-refractivity contribution in [3.63, 3.8) is 0 Å².